The molecule has 0 amide bonds. The first-order valence-corrected chi connectivity index (χ1v) is 5.76. The standard InChI is InChI=1S/C8H7BrF2IN/c1-4-6(7(10)11)2-5(3-9)8(12)13-4/h2,7H,3H2,1H3. The fraction of sp³-hybridized carbons (Fsp3) is 0.375. The number of hydrogen-bond donors (Lipinski definition) is 0. The molecule has 0 fully saturated rings. The molecule has 0 saturated heterocycles. The Labute approximate surface area is 97.2 Å². The molecule has 0 aromatic carbocycles. The highest BCUT2D eigenvalue weighted by molar-refractivity contribution is 14.1. The number of halogens is 4. The minimum absolute atomic E-state index is 0.0230. The van der Waals surface area contributed by atoms with Crippen molar-refractivity contribution in [2.24, 2.45) is 0 Å². The molecule has 13 heavy (non-hydrogen) atoms. The molecule has 1 aromatic rings. The van der Waals surface area contributed by atoms with Gasteiger partial charge in [0.1, 0.15) is 3.70 Å². The summed E-state index contributed by atoms with van der Waals surface area (Å²) in [6.07, 6.45) is -2.44. The van der Waals surface area contributed by atoms with E-state index in [2.05, 4.69) is 20.9 Å². The lowest BCUT2D eigenvalue weighted by Crippen LogP contribution is -1.99. The molecule has 0 atom stereocenters. The number of pyridine rings is 1. The van der Waals surface area contributed by atoms with Gasteiger partial charge in [0.25, 0.3) is 6.43 Å². The molecular weight excluding hydrogens is 355 g/mol. The van der Waals surface area contributed by atoms with Crippen molar-refractivity contribution >= 4 is 38.5 Å². The molecular formula is C8H7BrF2IN. The number of aromatic nitrogens is 1. The zero-order valence-corrected chi connectivity index (χ0v) is 10.6. The van der Waals surface area contributed by atoms with E-state index in [-0.39, 0.29) is 5.56 Å². The molecule has 0 N–H and O–H groups in total. The van der Waals surface area contributed by atoms with Crippen molar-refractivity contribution < 1.29 is 8.78 Å². The average Bonchev–Trinajstić information content (AvgIpc) is 2.03. The minimum Gasteiger partial charge on any atom is -0.246 e. The SMILES string of the molecule is Cc1nc(I)c(CBr)cc1C(F)F. The summed E-state index contributed by atoms with van der Waals surface area (Å²) in [5.41, 5.74) is 1.24. The third-order valence-corrected chi connectivity index (χ3v) is 3.20. The van der Waals surface area contributed by atoms with Crippen LogP contribution in [0.3, 0.4) is 0 Å². The summed E-state index contributed by atoms with van der Waals surface area (Å²) in [6, 6.07) is 1.50. The second kappa shape index (κ2) is 4.63. The van der Waals surface area contributed by atoms with Gasteiger partial charge in [-0.15, -0.1) is 0 Å². The van der Waals surface area contributed by atoms with E-state index in [1.165, 1.54) is 6.07 Å². The Morgan fingerprint density at radius 2 is 2.23 bits per heavy atom. The van der Waals surface area contributed by atoms with Crippen LogP contribution in [0.5, 0.6) is 0 Å². The van der Waals surface area contributed by atoms with E-state index in [1.54, 1.807) is 6.92 Å². The van der Waals surface area contributed by atoms with Gasteiger partial charge in [0.2, 0.25) is 0 Å². The molecule has 0 saturated carbocycles. The van der Waals surface area contributed by atoms with E-state index in [1.807, 2.05) is 22.6 Å². The van der Waals surface area contributed by atoms with Crippen molar-refractivity contribution in [1.29, 1.82) is 0 Å². The number of hydrogen-bond acceptors (Lipinski definition) is 1. The van der Waals surface area contributed by atoms with Crippen molar-refractivity contribution in [3.8, 4) is 0 Å². The Bertz CT molecular complexity index is 317. The smallest absolute Gasteiger partial charge is 0.246 e. The van der Waals surface area contributed by atoms with Gasteiger partial charge >= 0.3 is 0 Å². The van der Waals surface area contributed by atoms with Crippen LogP contribution >= 0.6 is 38.5 Å². The predicted octanol–water partition coefficient (Wildman–Crippen LogP) is 3.83. The quantitative estimate of drug-likeness (QED) is 0.443. The van der Waals surface area contributed by atoms with Crippen LogP contribution in [-0.4, -0.2) is 4.98 Å². The first-order chi connectivity index (χ1) is 6.06. The van der Waals surface area contributed by atoms with Gasteiger partial charge in [-0.05, 0) is 41.1 Å². The number of rotatable bonds is 2. The highest BCUT2D eigenvalue weighted by Gasteiger charge is 2.14. The molecule has 0 unspecified atom stereocenters. The zero-order chi connectivity index (χ0) is 10.0. The zero-order valence-electron chi connectivity index (χ0n) is 6.82. The molecule has 0 aliphatic carbocycles. The second-order valence-corrected chi connectivity index (χ2v) is 4.13. The summed E-state index contributed by atoms with van der Waals surface area (Å²) < 4.78 is 25.6. The van der Waals surface area contributed by atoms with Gasteiger partial charge in [0.05, 0.1) is 0 Å². The van der Waals surface area contributed by atoms with Gasteiger partial charge < -0.3 is 0 Å². The van der Waals surface area contributed by atoms with E-state index < -0.39 is 6.43 Å². The van der Waals surface area contributed by atoms with Crippen LogP contribution in [0.2, 0.25) is 0 Å². The molecule has 1 aromatic heterocycles. The summed E-state index contributed by atoms with van der Waals surface area (Å²) in [6.45, 7) is 1.60. The Morgan fingerprint density at radius 1 is 1.62 bits per heavy atom. The number of alkyl halides is 3. The van der Waals surface area contributed by atoms with Gasteiger partial charge in [-0.1, -0.05) is 15.9 Å². The Morgan fingerprint density at radius 3 is 2.69 bits per heavy atom. The van der Waals surface area contributed by atoms with Gasteiger partial charge in [-0.2, -0.15) is 0 Å². The minimum atomic E-state index is -2.44. The Hall–Kier alpha value is 0.220. The van der Waals surface area contributed by atoms with Crippen LogP contribution in [0.4, 0.5) is 8.78 Å². The number of nitrogens with zero attached hydrogens (tertiary/aromatic N) is 1. The summed E-state index contributed by atoms with van der Waals surface area (Å²) in [5.74, 6) is 0. The highest BCUT2D eigenvalue weighted by Crippen LogP contribution is 2.25. The summed E-state index contributed by atoms with van der Waals surface area (Å²) >= 11 is 5.27. The van der Waals surface area contributed by atoms with Gasteiger partial charge in [-0.25, -0.2) is 13.8 Å². The summed E-state index contributed by atoms with van der Waals surface area (Å²) in [4.78, 5) is 4.04. The van der Waals surface area contributed by atoms with Crippen LogP contribution < -0.4 is 0 Å². The van der Waals surface area contributed by atoms with Crippen molar-refractivity contribution in [2.75, 3.05) is 0 Å². The Balaban J connectivity index is 3.22. The van der Waals surface area contributed by atoms with E-state index in [4.69, 9.17) is 0 Å². The summed E-state index contributed by atoms with van der Waals surface area (Å²) in [5, 5.41) is 0.554. The summed E-state index contributed by atoms with van der Waals surface area (Å²) in [7, 11) is 0. The normalized spacial score (nSPS) is 10.9. The van der Waals surface area contributed by atoms with Gasteiger partial charge in [0.15, 0.2) is 0 Å². The van der Waals surface area contributed by atoms with E-state index in [0.717, 1.165) is 9.26 Å². The lowest BCUT2D eigenvalue weighted by atomic mass is 10.1. The maximum atomic E-state index is 12.4. The van der Waals surface area contributed by atoms with Gasteiger partial charge in [0, 0.05) is 16.6 Å². The third-order valence-electron chi connectivity index (χ3n) is 1.66. The second-order valence-electron chi connectivity index (χ2n) is 2.55. The average molecular weight is 362 g/mol. The fourth-order valence-corrected chi connectivity index (χ4v) is 2.61. The highest BCUT2D eigenvalue weighted by atomic mass is 127. The maximum absolute atomic E-state index is 12.4. The Kier molecular flexibility index (Phi) is 4.03. The van der Waals surface area contributed by atoms with Gasteiger partial charge in [-0.3, -0.25) is 0 Å². The van der Waals surface area contributed by atoms with Crippen molar-refractivity contribution in [3.63, 3.8) is 0 Å². The van der Waals surface area contributed by atoms with Crippen LogP contribution in [0.15, 0.2) is 6.07 Å². The molecule has 0 radical (unpaired) electrons. The molecule has 1 nitrogen and oxygen atoms in total. The third kappa shape index (κ3) is 2.59. The van der Waals surface area contributed by atoms with Crippen molar-refractivity contribution in [2.45, 2.75) is 18.7 Å². The molecule has 0 aliphatic heterocycles. The van der Waals surface area contributed by atoms with E-state index in [0.29, 0.717) is 11.0 Å². The van der Waals surface area contributed by atoms with Crippen LogP contribution in [0, 0.1) is 10.6 Å². The topological polar surface area (TPSA) is 12.9 Å². The maximum Gasteiger partial charge on any atom is 0.265 e. The number of aryl methyl sites for hydroxylation is 1. The van der Waals surface area contributed by atoms with E-state index >= 15 is 0 Å². The molecule has 1 rings (SSSR count). The lowest BCUT2D eigenvalue weighted by molar-refractivity contribution is 0.150. The van der Waals surface area contributed by atoms with Crippen LogP contribution in [0.1, 0.15) is 23.2 Å². The molecule has 0 spiro atoms. The van der Waals surface area contributed by atoms with Crippen molar-refractivity contribution in [1.82, 2.24) is 4.98 Å². The van der Waals surface area contributed by atoms with Crippen LogP contribution in [-0.2, 0) is 5.33 Å². The predicted molar refractivity (Wildman–Crippen MR) is 59.3 cm³/mol. The first kappa shape index (κ1) is 11.3. The largest absolute Gasteiger partial charge is 0.265 e. The molecule has 5 heteroatoms. The van der Waals surface area contributed by atoms with Crippen molar-refractivity contribution in [3.05, 3.63) is 26.6 Å². The molecule has 72 valence electrons. The molecule has 0 aliphatic rings. The monoisotopic (exact) mass is 361 g/mol. The molecule has 0 bridgehead atoms. The van der Waals surface area contributed by atoms with Crippen LogP contribution in [0.25, 0.3) is 0 Å². The first-order valence-electron chi connectivity index (χ1n) is 3.56. The molecule has 1 heterocycles. The fourth-order valence-electron chi connectivity index (χ4n) is 0.950. The lowest BCUT2D eigenvalue weighted by Gasteiger charge is -2.07. The van der Waals surface area contributed by atoms with E-state index in [9.17, 15) is 8.78 Å².